The Morgan fingerprint density at radius 2 is 1.67 bits per heavy atom. The van der Waals surface area contributed by atoms with E-state index in [-0.39, 0.29) is 17.1 Å². The zero-order valence-corrected chi connectivity index (χ0v) is 25.9. The van der Waals surface area contributed by atoms with Gasteiger partial charge < -0.3 is 5.32 Å². The molecule has 8 nitrogen and oxygen atoms in total. The highest BCUT2D eigenvalue weighted by Gasteiger charge is 2.33. The van der Waals surface area contributed by atoms with Crippen LogP contribution in [0, 0.1) is 10.1 Å². The molecule has 0 aliphatic heterocycles. The van der Waals surface area contributed by atoms with Crippen LogP contribution >= 0.6 is 46.2 Å². The van der Waals surface area contributed by atoms with Crippen molar-refractivity contribution >= 4 is 95.8 Å². The molecule has 6 rings (SSSR count). The lowest BCUT2D eigenvalue weighted by Crippen LogP contribution is -2.18. The third-order valence-corrected chi connectivity index (χ3v) is 10.5. The predicted octanol–water partition coefficient (Wildman–Crippen LogP) is 9.47. The number of hydrogen-bond acceptors (Lipinski definition) is 10. The number of hydrogen-bond donors (Lipinski definition) is 1. The number of nitro groups is 1. The van der Waals surface area contributed by atoms with Crippen LogP contribution in [0.15, 0.2) is 103 Å². The third kappa shape index (κ3) is 7.33. The van der Waals surface area contributed by atoms with Crippen molar-refractivity contribution in [2.75, 3.05) is 11.1 Å². The molecule has 2 aromatic heterocycles. The Hall–Kier alpha value is -4.31. The summed E-state index contributed by atoms with van der Waals surface area (Å²) >= 11 is 5.16. The van der Waals surface area contributed by atoms with Gasteiger partial charge in [0.05, 0.1) is 52.9 Å². The molecule has 4 aromatic carbocycles. The van der Waals surface area contributed by atoms with Crippen LogP contribution in [0.2, 0.25) is 0 Å². The van der Waals surface area contributed by atoms with Crippen molar-refractivity contribution < 1.29 is 22.9 Å². The number of thioether (sulfide) groups is 1. The maximum absolute atomic E-state index is 13.2. The van der Waals surface area contributed by atoms with Crippen LogP contribution in [0.3, 0.4) is 0 Å². The number of benzene rings is 4. The monoisotopic (exact) mass is 681 g/mol. The van der Waals surface area contributed by atoms with E-state index in [1.54, 1.807) is 36.5 Å². The number of amides is 1. The quantitative estimate of drug-likeness (QED) is 0.0701. The highest BCUT2D eigenvalue weighted by molar-refractivity contribution is 8.01. The van der Waals surface area contributed by atoms with Crippen LogP contribution < -0.4 is 5.32 Å². The SMILES string of the molecule is O=C(CSc1nc2ccc(N=Cc3ccc(Sc4nc5ccccc5s4)c([N+](=O)[O-])c3)cc2s1)Nc1ccccc1C(F)(F)F. The number of carbonyl (C=O) groups excluding carboxylic acids is 1. The van der Waals surface area contributed by atoms with Crippen LogP contribution in [0.25, 0.3) is 20.4 Å². The summed E-state index contributed by atoms with van der Waals surface area (Å²) in [7, 11) is 0. The zero-order chi connectivity index (χ0) is 31.6. The number of aliphatic imine (C=N–C) groups is 1. The van der Waals surface area contributed by atoms with Gasteiger partial charge in [0.2, 0.25) is 5.91 Å². The first kappa shape index (κ1) is 30.7. The van der Waals surface area contributed by atoms with Gasteiger partial charge in [-0.25, -0.2) is 9.97 Å². The molecule has 0 radical (unpaired) electrons. The lowest BCUT2D eigenvalue weighted by molar-refractivity contribution is -0.387. The van der Waals surface area contributed by atoms with Crippen LogP contribution in [0.4, 0.5) is 30.2 Å². The minimum Gasteiger partial charge on any atom is -0.325 e. The fourth-order valence-corrected chi connectivity index (χ4v) is 8.18. The molecule has 226 valence electrons. The Labute approximate surface area is 269 Å². The summed E-state index contributed by atoms with van der Waals surface area (Å²) in [4.78, 5) is 37.8. The third-order valence-electron chi connectivity index (χ3n) is 6.20. The number of thiazole rings is 2. The lowest BCUT2D eigenvalue weighted by Gasteiger charge is -2.13. The maximum atomic E-state index is 13.2. The smallest absolute Gasteiger partial charge is 0.325 e. The van der Waals surface area contributed by atoms with Crippen molar-refractivity contribution in [2.24, 2.45) is 4.99 Å². The van der Waals surface area contributed by atoms with Crippen molar-refractivity contribution in [3.05, 3.63) is 106 Å². The van der Waals surface area contributed by atoms with Gasteiger partial charge in [0.25, 0.3) is 5.69 Å². The standard InChI is InChI=1S/C30H18F3N5O3S4/c31-30(32,33)19-5-1-2-6-20(19)35-27(39)16-42-28-36-22-11-10-18(14-26(22)45-28)34-15-17-9-12-25(23(13-17)38(40)41)44-29-37-21-7-3-4-8-24(21)43-29/h1-15H,16H2,(H,35,39). The Morgan fingerprint density at radius 1 is 0.933 bits per heavy atom. The van der Waals surface area contributed by atoms with E-state index in [1.165, 1.54) is 58.7 Å². The summed E-state index contributed by atoms with van der Waals surface area (Å²) in [6.07, 6.45) is -3.04. The molecule has 45 heavy (non-hydrogen) atoms. The van der Waals surface area contributed by atoms with E-state index in [0.717, 1.165) is 32.7 Å². The van der Waals surface area contributed by atoms with Gasteiger partial charge in [-0.3, -0.25) is 19.9 Å². The van der Waals surface area contributed by atoms with Gasteiger partial charge in [-0.1, -0.05) is 53.9 Å². The summed E-state index contributed by atoms with van der Waals surface area (Å²) in [6, 6.07) is 22.7. The first-order valence-electron chi connectivity index (χ1n) is 13.0. The number of alkyl halides is 3. The number of nitrogens with zero attached hydrogens (tertiary/aromatic N) is 4. The lowest BCUT2D eigenvalue weighted by atomic mass is 10.1. The van der Waals surface area contributed by atoms with Crippen LogP contribution in [-0.4, -0.2) is 32.8 Å². The molecule has 1 amide bonds. The van der Waals surface area contributed by atoms with E-state index >= 15 is 0 Å². The molecule has 0 saturated heterocycles. The molecule has 1 N–H and O–H groups in total. The molecule has 0 unspecified atom stereocenters. The second-order valence-electron chi connectivity index (χ2n) is 9.30. The van der Waals surface area contributed by atoms with Gasteiger partial charge in [0, 0.05) is 12.3 Å². The molecular formula is C30H18F3N5O3S4. The molecule has 0 aliphatic carbocycles. The number of rotatable bonds is 9. The Kier molecular flexibility index (Phi) is 8.85. The summed E-state index contributed by atoms with van der Waals surface area (Å²) in [6.45, 7) is 0. The minimum atomic E-state index is -4.58. The molecule has 15 heteroatoms. The molecule has 6 aromatic rings. The molecule has 0 atom stereocenters. The van der Waals surface area contributed by atoms with Crippen LogP contribution in [0.5, 0.6) is 0 Å². The van der Waals surface area contributed by atoms with Crippen molar-refractivity contribution in [3.8, 4) is 0 Å². The first-order valence-corrected chi connectivity index (χ1v) is 16.4. The number of nitro benzene ring substituents is 1. The van der Waals surface area contributed by atoms with Gasteiger partial charge in [-0.2, -0.15) is 13.2 Å². The molecule has 0 saturated carbocycles. The second kappa shape index (κ2) is 13.0. The van der Waals surface area contributed by atoms with Crippen molar-refractivity contribution in [2.45, 2.75) is 19.8 Å². The molecular weight excluding hydrogens is 664 g/mol. The molecule has 0 aliphatic rings. The van der Waals surface area contributed by atoms with E-state index in [4.69, 9.17) is 0 Å². The topological polar surface area (TPSA) is 110 Å². The van der Waals surface area contributed by atoms with E-state index < -0.39 is 22.6 Å². The van der Waals surface area contributed by atoms with Crippen molar-refractivity contribution in [1.82, 2.24) is 9.97 Å². The van der Waals surface area contributed by atoms with Crippen LogP contribution in [-0.2, 0) is 11.0 Å². The number of fused-ring (bicyclic) bond motifs is 2. The Balaban J connectivity index is 1.12. The van der Waals surface area contributed by atoms with Crippen LogP contribution in [0.1, 0.15) is 11.1 Å². The predicted molar refractivity (Wildman–Crippen MR) is 175 cm³/mol. The average Bonchev–Trinajstić information content (AvgIpc) is 3.62. The number of halogens is 3. The fraction of sp³-hybridized carbons (Fsp3) is 0.0667. The Morgan fingerprint density at radius 3 is 2.47 bits per heavy atom. The average molecular weight is 682 g/mol. The maximum Gasteiger partial charge on any atom is 0.418 e. The van der Waals surface area contributed by atoms with E-state index in [9.17, 15) is 28.1 Å². The molecule has 0 bridgehead atoms. The summed E-state index contributed by atoms with van der Waals surface area (Å²) < 4.78 is 42.7. The number of aromatic nitrogens is 2. The molecule has 0 spiro atoms. The van der Waals surface area contributed by atoms with Crippen molar-refractivity contribution in [3.63, 3.8) is 0 Å². The fourth-order valence-electron chi connectivity index (χ4n) is 4.17. The highest BCUT2D eigenvalue weighted by Crippen LogP contribution is 2.39. The number of para-hydroxylation sites is 2. The van der Waals surface area contributed by atoms with Crippen molar-refractivity contribution in [1.29, 1.82) is 0 Å². The van der Waals surface area contributed by atoms with Gasteiger partial charge in [0.15, 0.2) is 8.68 Å². The normalized spacial score (nSPS) is 11.9. The summed E-state index contributed by atoms with van der Waals surface area (Å²) in [5.74, 6) is -0.705. The van der Waals surface area contributed by atoms with E-state index in [0.29, 0.717) is 30.3 Å². The second-order valence-corrected chi connectivity index (χ2v) is 13.9. The Bertz CT molecular complexity index is 2060. The van der Waals surface area contributed by atoms with E-state index in [1.807, 2.05) is 24.3 Å². The van der Waals surface area contributed by atoms with Gasteiger partial charge >= 0.3 is 6.18 Å². The summed E-state index contributed by atoms with van der Waals surface area (Å²) in [5, 5.41) is 14.2. The molecule has 2 heterocycles. The zero-order valence-electron chi connectivity index (χ0n) is 22.6. The first-order chi connectivity index (χ1) is 21.6. The van der Waals surface area contributed by atoms with Gasteiger partial charge in [-0.15, -0.1) is 22.7 Å². The van der Waals surface area contributed by atoms with Gasteiger partial charge in [0.1, 0.15) is 0 Å². The van der Waals surface area contributed by atoms with Gasteiger partial charge in [-0.05, 0) is 54.1 Å². The highest BCUT2D eigenvalue weighted by atomic mass is 32.2. The number of anilines is 1. The molecule has 0 fully saturated rings. The minimum absolute atomic E-state index is 0.0475. The van der Waals surface area contributed by atoms with E-state index in [2.05, 4.69) is 20.3 Å². The summed E-state index contributed by atoms with van der Waals surface area (Å²) in [5.41, 5.74) is 1.41. The largest absolute Gasteiger partial charge is 0.418 e. The number of nitrogens with one attached hydrogen (secondary N) is 1. The number of carbonyl (C=O) groups is 1.